The molecule has 1 aromatic heterocycles. The van der Waals surface area contributed by atoms with Gasteiger partial charge in [0.2, 0.25) is 5.91 Å². The second-order valence-electron chi connectivity index (χ2n) is 5.62. The summed E-state index contributed by atoms with van der Waals surface area (Å²) < 4.78 is 5.10. The van der Waals surface area contributed by atoms with Crippen LogP contribution < -0.4 is 11.1 Å². The number of amides is 1. The third kappa shape index (κ3) is 5.52. The normalized spacial score (nSPS) is 13.7. The Morgan fingerprint density at radius 1 is 1.48 bits per heavy atom. The number of aromatic nitrogens is 1. The topological polar surface area (TPSA) is 81.2 Å². The summed E-state index contributed by atoms with van der Waals surface area (Å²) in [6, 6.07) is 0. The molecule has 0 saturated carbocycles. The molecule has 1 amide bonds. The first kappa shape index (κ1) is 20.3. The molecule has 0 saturated heterocycles. The van der Waals surface area contributed by atoms with E-state index >= 15 is 0 Å². The number of nitrogens with two attached hydrogens (primary N) is 1. The first-order chi connectivity index (χ1) is 9.30. The average molecular weight is 336 g/mol. The average Bonchev–Trinajstić information content (AvgIpc) is 2.69. The Labute approximate surface area is 137 Å². The van der Waals surface area contributed by atoms with Crippen LogP contribution in [0.5, 0.6) is 0 Å². The third-order valence-corrected chi connectivity index (χ3v) is 4.74. The largest absolute Gasteiger partial charge is 0.361 e. The fourth-order valence-electron chi connectivity index (χ4n) is 1.74. The van der Waals surface area contributed by atoms with Gasteiger partial charge in [0.15, 0.2) is 0 Å². The van der Waals surface area contributed by atoms with Gasteiger partial charge in [-0.05, 0) is 26.7 Å². The lowest BCUT2D eigenvalue weighted by molar-refractivity contribution is -0.120. The number of nitrogens with one attached hydrogen (secondary N) is 1. The van der Waals surface area contributed by atoms with E-state index in [1.54, 1.807) is 11.8 Å². The van der Waals surface area contributed by atoms with Crippen molar-refractivity contribution in [2.24, 2.45) is 11.7 Å². The number of carbonyl (C=O) groups excluding carboxylic acids is 1. The molecule has 0 radical (unpaired) electrons. The summed E-state index contributed by atoms with van der Waals surface area (Å²) in [6.45, 7) is 10.3. The summed E-state index contributed by atoms with van der Waals surface area (Å²) in [4.78, 5) is 12.0. The molecule has 3 N–H and O–H groups in total. The highest BCUT2D eigenvalue weighted by Crippen LogP contribution is 2.20. The van der Waals surface area contributed by atoms with Crippen LogP contribution in [0.4, 0.5) is 0 Å². The molecule has 1 unspecified atom stereocenters. The van der Waals surface area contributed by atoms with Crippen molar-refractivity contribution >= 4 is 30.1 Å². The van der Waals surface area contributed by atoms with Crippen LogP contribution in [-0.2, 0) is 10.5 Å². The predicted molar refractivity (Wildman–Crippen MR) is 89.8 cm³/mol. The molecule has 0 aliphatic carbocycles. The van der Waals surface area contributed by atoms with Gasteiger partial charge in [0, 0.05) is 17.9 Å². The van der Waals surface area contributed by atoms with Crippen molar-refractivity contribution in [2.45, 2.75) is 45.9 Å². The molecule has 0 aromatic carbocycles. The van der Waals surface area contributed by atoms with Crippen molar-refractivity contribution in [3.05, 3.63) is 17.0 Å². The number of nitrogens with zero attached hydrogens (tertiary/aromatic N) is 1. The van der Waals surface area contributed by atoms with Crippen LogP contribution in [0.2, 0.25) is 0 Å². The number of hydrogen-bond acceptors (Lipinski definition) is 5. The molecule has 0 aliphatic rings. The van der Waals surface area contributed by atoms with Crippen LogP contribution in [0.25, 0.3) is 0 Å². The monoisotopic (exact) mass is 335 g/mol. The van der Waals surface area contributed by atoms with Crippen molar-refractivity contribution in [3.63, 3.8) is 0 Å². The molecular weight excluding hydrogens is 310 g/mol. The maximum Gasteiger partial charge on any atom is 0.230 e. The van der Waals surface area contributed by atoms with Crippen LogP contribution in [0.15, 0.2) is 4.52 Å². The van der Waals surface area contributed by atoms with Crippen LogP contribution in [-0.4, -0.2) is 28.9 Å². The van der Waals surface area contributed by atoms with Crippen LogP contribution in [0.1, 0.15) is 37.8 Å². The van der Waals surface area contributed by atoms with E-state index in [-0.39, 0.29) is 23.9 Å². The van der Waals surface area contributed by atoms with Gasteiger partial charge in [-0.3, -0.25) is 4.79 Å². The summed E-state index contributed by atoms with van der Waals surface area (Å²) in [5, 5.41) is 6.93. The van der Waals surface area contributed by atoms with Crippen LogP contribution >= 0.6 is 24.2 Å². The fraction of sp³-hybridized carbons (Fsp3) is 0.714. The SMILES string of the molecule is Cc1noc(C)c1CSCC(=O)NC(C)(CN)C(C)C.Cl. The zero-order valence-electron chi connectivity index (χ0n) is 13.4. The molecule has 0 aliphatic heterocycles. The Morgan fingerprint density at radius 2 is 2.10 bits per heavy atom. The van der Waals surface area contributed by atoms with Crippen molar-refractivity contribution in [1.82, 2.24) is 10.5 Å². The van der Waals surface area contributed by atoms with Gasteiger partial charge in [-0.25, -0.2) is 0 Å². The van der Waals surface area contributed by atoms with Gasteiger partial charge in [-0.1, -0.05) is 19.0 Å². The molecule has 0 spiro atoms. The Morgan fingerprint density at radius 3 is 2.52 bits per heavy atom. The van der Waals surface area contributed by atoms with Gasteiger partial charge >= 0.3 is 0 Å². The van der Waals surface area contributed by atoms with Gasteiger partial charge < -0.3 is 15.6 Å². The zero-order valence-corrected chi connectivity index (χ0v) is 15.0. The molecule has 1 aromatic rings. The number of hydrogen-bond donors (Lipinski definition) is 2. The quantitative estimate of drug-likeness (QED) is 0.799. The first-order valence-electron chi connectivity index (χ1n) is 6.80. The predicted octanol–water partition coefficient (Wildman–Crippen LogP) is 2.44. The molecule has 0 bridgehead atoms. The molecule has 1 atom stereocenters. The Hall–Kier alpha value is -0.720. The number of halogens is 1. The van der Waals surface area contributed by atoms with E-state index in [0.29, 0.717) is 18.2 Å². The van der Waals surface area contributed by atoms with Crippen molar-refractivity contribution in [2.75, 3.05) is 12.3 Å². The molecule has 0 fully saturated rings. The minimum absolute atomic E-state index is 0. The van der Waals surface area contributed by atoms with E-state index in [0.717, 1.165) is 22.8 Å². The Kier molecular flexibility index (Phi) is 8.36. The first-order valence-corrected chi connectivity index (χ1v) is 7.96. The summed E-state index contributed by atoms with van der Waals surface area (Å²) in [7, 11) is 0. The minimum atomic E-state index is -0.347. The highest BCUT2D eigenvalue weighted by molar-refractivity contribution is 7.99. The van der Waals surface area contributed by atoms with E-state index in [4.69, 9.17) is 10.3 Å². The maximum absolute atomic E-state index is 12.0. The van der Waals surface area contributed by atoms with Gasteiger partial charge in [0.1, 0.15) is 5.76 Å². The summed E-state index contributed by atoms with van der Waals surface area (Å²) >= 11 is 1.56. The molecule has 7 heteroatoms. The van der Waals surface area contributed by atoms with Crippen LogP contribution in [0, 0.1) is 19.8 Å². The maximum atomic E-state index is 12.0. The number of aryl methyl sites for hydroxylation is 2. The lowest BCUT2D eigenvalue weighted by atomic mass is 9.88. The number of thioether (sulfide) groups is 1. The van der Waals surface area contributed by atoms with Crippen molar-refractivity contribution in [1.29, 1.82) is 0 Å². The highest BCUT2D eigenvalue weighted by Gasteiger charge is 2.28. The molecule has 122 valence electrons. The second kappa shape index (κ2) is 8.66. The molecular formula is C14H26ClN3O2S. The third-order valence-electron chi connectivity index (χ3n) is 3.78. The second-order valence-corrected chi connectivity index (χ2v) is 6.61. The zero-order chi connectivity index (χ0) is 15.3. The van der Waals surface area contributed by atoms with Crippen molar-refractivity contribution < 1.29 is 9.32 Å². The minimum Gasteiger partial charge on any atom is -0.361 e. The van der Waals surface area contributed by atoms with E-state index in [1.165, 1.54) is 0 Å². The number of rotatable bonds is 7. The Balaban J connectivity index is 0.00000400. The molecule has 21 heavy (non-hydrogen) atoms. The van der Waals surface area contributed by atoms with Gasteiger partial charge in [0.05, 0.1) is 17.0 Å². The molecule has 1 heterocycles. The van der Waals surface area contributed by atoms with E-state index in [9.17, 15) is 4.79 Å². The van der Waals surface area contributed by atoms with E-state index < -0.39 is 0 Å². The summed E-state index contributed by atoms with van der Waals surface area (Å²) in [5.41, 5.74) is 7.38. The van der Waals surface area contributed by atoms with E-state index in [2.05, 4.69) is 24.3 Å². The standard InChI is InChI=1S/C14H25N3O2S.ClH/c1-9(2)14(5,8-15)16-13(18)7-20-6-12-10(3)17-19-11(12)4;/h9H,6-8,15H2,1-5H3,(H,16,18);1H. The van der Waals surface area contributed by atoms with Gasteiger partial charge in [-0.2, -0.15) is 0 Å². The van der Waals surface area contributed by atoms with Crippen molar-refractivity contribution in [3.8, 4) is 0 Å². The summed E-state index contributed by atoms with van der Waals surface area (Å²) in [5.74, 6) is 2.28. The Bertz CT molecular complexity index is 446. The van der Waals surface area contributed by atoms with E-state index in [1.807, 2.05) is 20.8 Å². The number of carbonyl (C=O) groups is 1. The van der Waals surface area contributed by atoms with Gasteiger partial charge in [0.25, 0.3) is 0 Å². The highest BCUT2D eigenvalue weighted by atomic mass is 35.5. The summed E-state index contributed by atoms with van der Waals surface area (Å²) in [6.07, 6.45) is 0. The molecule has 5 nitrogen and oxygen atoms in total. The molecule has 1 rings (SSSR count). The van der Waals surface area contributed by atoms with Crippen LogP contribution in [0.3, 0.4) is 0 Å². The fourth-order valence-corrected chi connectivity index (χ4v) is 2.72. The smallest absolute Gasteiger partial charge is 0.230 e. The lowest BCUT2D eigenvalue weighted by Gasteiger charge is -2.33. The lowest BCUT2D eigenvalue weighted by Crippen LogP contribution is -2.55. The van der Waals surface area contributed by atoms with Gasteiger partial charge in [-0.15, -0.1) is 24.2 Å².